The fourth-order valence-electron chi connectivity index (χ4n) is 1.18. The average molecular weight is 218 g/mol. The van der Waals surface area contributed by atoms with E-state index in [4.69, 9.17) is 5.84 Å². The van der Waals surface area contributed by atoms with Gasteiger partial charge in [-0.2, -0.15) is 11.8 Å². The third kappa shape index (κ3) is 2.43. The van der Waals surface area contributed by atoms with Crippen LogP contribution >= 0.6 is 11.8 Å². The van der Waals surface area contributed by atoms with Crippen molar-refractivity contribution in [3.05, 3.63) is 35.4 Å². The van der Waals surface area contributed by atoms with Crippen LogP contribution < -0.4 is 11.3 Å². The molecule has 0 bridgehead atoms. The van der Waals surface area contributed by atoms with E-state index in [2.05, 4.69) is 5.43 Å². The average Bonchev–Trinajstić information content (AvgIpc) is 2.19. The molecule has 3 N–H and O–H groups in total. The summed E-state index contributed by atoms with van der Waals surface area (Å²) in [5.41, 5.74) is 2.73. The van der Waals surface area contributed by atoms with Gasteiger partial charge in [0.1, 0.15) is 0 Å². The van der Waals surface area contributed by atoms with E-state index in [0.29, 0.717) is 5.75 Å². The zero-order chi connectivity index (χ0) is 10.6. The molecular formula is C9H12F2N2S. The molecule has 2 nitrogen and oxygen atoms in total. The first kappa shape index (κ1) is 11.4. The zero-order valence-corrected chi connectivity index (χ0v) is 8.57. The van der Waals surface area contributed by atoms with Crippen LogP contribution in [0.25, 0.3) is 0 Å². The Morgan fingerprint density at radius 2 is 2.21 bits per heavy atom. The smallest absolute Gasteiger partial charge is 0.163 e. The van der Waals surface area contributed by atoms with E-state index in [1.165, 1.54) is 23.9 Å². The highest BCUT2D eigenvalue weighted by molar-refractivity contribution is 7.98. The summed E-state index contributed by atoms with van der Waals surface area (Å²) in [6.45, 7) is 0. The molecular weight excluding hydrogens is 206 g/mol. The second kappa shape index (κ2) is 5.29. The lowest BCUT2D eigenvalue weighted by molar-refractivity contribution is 0.478. The summed E-state index contributed by atoms with van der Waals surface area (Å²) in [7, 11) is 0. The Hall–Kier alpha value is -0.650. The minimum Gasteiger partial charge on any atom is -0.271 e. The number of halogens is 2. The topological polar surface area (TPSA) is 38.0 Å². The second-order valence-corrected chi connectivity index (χ2v) is 3.73. The fourth-order valence-corrected chi connectivity index (χ4v) is 1.79. The first-order chi connectivity index (χ1) is 6.70. The van der Waals surface area contributed by atoms with Gasteiger partial charge in [-0.15, -0.1) is 0 Å². The van der Waals surface area contributed by atoms with Gasteiger partial charge in [-0.25, -0.2) is 8.78 Å². The van der Waals surface area contributed by atoms with E-state index in [-0.39, 0.29) is 11.6 Å². The molecule has 1 rings (SSSR count). The highest BCUT2D eigenvalue weighted by atomic mass is 32.2. The first-order valence-electron chi connectivity index (χ1n) is 4.09. The molecule has 0 amide bonds. The minimum atomic E-state index is -0.844. The van der Waals surface area contributed by atoms with Crippen LogP contribution in [-0.2, 0) is 0 Å². The van der Waals surface area contributed by atoms with Crippen LogP contribution in [0.3, 0.4) is 0 Å². The molecule has 0 heterocycles. The Morgan fingerprint density at radius 3 is 2.79 bits per heavy atom. The molecule has 1 aromatic rings. The molecule has 1 atom stereocenters. The molecule has 0 aromatic heterocycles. The van der Waals surface area contributed by atoms with Gasteiger partial charge in [0, 0.05) is 11.3 Å². The maximum Gasteiger partial charge on any atom is 0.163 e. The zero-order valence-electron chi connectivity index (χ0n) is 7.76. The maximum atomic E-state index is 13.3. The highest BCUT2D eigenvalue weighted by Crippen LogP contribution is 2.21. The molecule has 1 aromatic carbocycles. The molecule has 0 saturated carbocycles. The maximum absolute atomic E-state index is 13.3. The van der Waals surface area contributed by atoms with Gasteiger partial charge in [-0.05, 0) is 12.3 Å². The SMILES string of the molecule is CSCC(NN)c1cccc(F)c1F. The van der Waals surface area contributed by atoms with Gasteiger partial charge >= 0.3 is 0 Å². The molecule has 14 heavy (non-hydrogen) atoms. The van der Waals surface area contributed by atoms with Crippen molar-refractivity contribution in [2.45, 2.75) is 6.04 Å². The molecule has 0 aliphatic heterocycles. The number of rotatable bonds is 4. The summed E-state index contributed by atoms with van der Waals surface area (Å²) in [5, 5.41) is 0. The largest absolute Gasteiger partial charge is 0.271 e. The third-order valence-corrected chi connectivity index (χ3v) is 2.56. The van der Waals surface area contributed by atoms with E-state index in [9.17, 15) is 8.78 Å². The van der Waals surface area contributed by atoms with Crippen LogP contribution in [0.4, 0.5) is 8.78 Å². The quantitative estimate of drug-likeness (QED) is 0.598. The van der Waals surface area contributed by atoms with Gasteiger partial charge in [0.05, 0.1) is 6.04 Å². The molecule has 0 aliphatic carbocycles. The summed E-state index contributed by atoms with van der Waals surface area (Å²) in [4.78, 5) is 0. The van der Waals surface area contributed by atoms with Crippen molar-refractivity contribution in [2.75, 3.05) is 12.0 Å². The number of hydrogen-bond acceptors (Lipinski definition) is 3. The third-order valence-electron chi connectivity index (χ3n) is 1.89. The predicted molar refractivity (Wildman–Crippen MR) is 54.8 cm³/mol. The number of benzene rings is 1. The number of nitrogens with two attached hydrogens (primary N) is 1. The number of nitrogens with one attached hydrogen (secondary N) is 1. The van der Waals surface area contributed by atoms with E-state index in [1.807, 2.05) is 6.26 Å². The minimum absolute atomic E-state index is 0.266. The van der Waals surface area contributed by atoms with Crippen LogP contribution in [0.1, 0.15) is 11.6 Å². The van der Waals surface area contributed by atoms with Crippen molar-refractivity contribution in [1.29, 1.82) is 0 Å². The first-order valence-corrected chi connectivity index (χ1v) is 5.49. The Morgan fingerprint density at radius 1 is 1.50 bits per heavy atom. The van der Waals surface area contributed by atoms with Crippen LogP contribution in [0.15, 0.2) is 18.2 Å². The van der Waals surface area contributed by atoms with E-state index < -0.39 is 11.6 Å². The molecule has 0 saturated heterocycles. The van der Waals surface area contributed by atoms with E-state index in [0.717, 1.165) is 6.07 Å². The van der Waals surface area contributed by atoms with Crippen LogP contribution in [0.5, 0.6) is 0 Å². The van der Waals surface area contributed by atoms with E-state index in [1.54, 1.807) is 0 Å². The van der Waals surface area contributed by atoms with Gasteiger partial charge in [0.25, 0.3) is 0 Å². The van der Waals surface area contributed by atoms with Gasteiger partial charge in [-0.1, -0.05) is 12.1 Å². The van der Waals surface area contributed by atoms with Gasteiger partial charge < -0.3 is 0 Å². The lowest BCUT2D eigenvalue weighted by Crippen LogP contribution is -2.30. The van der Waals surface area contributed by atoms with Crippen LogP contribution in [0.2, 0.25) is 0 Å². The number of hydrazine groups is 1. The standard InChI is InChI=1S/C9H12F2N2S/c1-14-5-8(13-12)6-3-2-4-7(10)9(6)11/h2-4,8,13H,5,12H2,1H3. The number of thioether (sulfide) groups is 1. The Labute approximate surface area is 85.8 Å². The summed E-state index contributed by atoms with van der Waals surface area (Å²) in [5.74, 6) is 4.18. The Kier molecular flexibility index (Phi) is 4.31. The molecule has 5 heteroatoms. The highest BCUT2D eigenvalue weighted by Gasteiger charge is 2.16. The summed E-state index contributed by atoms with van der Waals surface area (Å²) in [6, 6.07) is 3.73. The number of hydrogen-bond donors (Lipinski definition) is 2. The second-order valence-electron chi connectivity index (χ2n) is 2.82. The monoisotopic (exact) mass is 218 g/mol. The van der Waals surface area contributed by atoms with Gasteiger partial charge in [0.15, 0.2) is 11.6 Å². The lowest BCUT2D eigenvalue weighted by Gasteiger charge is -2.15. The van der Waals surface area contributed by atoms with Gasteiger partial charge in [0.2, 0.25) is 0 Å². The van der Waals surface area contributed by atoms with Crippen molar-refractivity contribution in [3.8, 4) is 0 Å². The summed E-state index contributed by atoms with van der Waals surface area (Å²) in [6.07, 6.45) is 1.88. The predicted octanol–water partition coefficient (Wildman–Crippen LogP) is 1.83. The molecule has 1 unspecified atom stereocenters. The fraction of sp³-hybridized carbons (Fsp3) is 0.333. The molecule has 0 radical (unpaired) electrons. The molecule has 0 spiro atoms. The Balaban J connectivity index is 2.97. The molecule has 0 fully saturated rings. The molecule has 78 valence electrons. The lowest BCUT2D eigenvalue weighted by atomic mass is 10.1. The van der Waals surface area contributed by atoms with Crippen molar-refractivity contribution >= 4 is 11.8 Å². The Bertz CT molecular complexity index is 307. The summed E-state index contributed by atoms with van der Waals surface area (Å²) < 4.78 is 26.1. The van der Waals surface area contributed by atoms with Crippen LogP contribution in [-0.4, -0.2) is 12.0 Å². The van der Waals surface area contributed by atoms with Gasteiger partial charge in [-0.3, -0.25) is 11.3 Å². The van der Waals surface area contributed by atoms with Crippen molar-refractivity contribution in [3.63, 3.8) is 0 Å². The molecule has 0 aliphatic rings. The normalized spacial score (nSPS) is 12.9. The van der Waals surface area contributed by atoms with Crippen molar-refractivity contribution < 1.29 is 8.78 Å². The van der Waals surface area contributed by atoms with Crippen LogP contribution in [0, 0.1) is 11.6 Å². The van der Waals surface area contributed by atoms with Crippen molar-refractivity contribution in [2.24, 2.45) is 5.84 Å². The van der Waals surface area contributed by atoms with Crippen molar-refractivity contribution in [1.82, 2.24) is 5.43 Å². The van der Waals surface area contributed by atoms with E-state index >= 15 is 0 Å². The summed E-state index contributed by atoms with van der Waals surface area (Å²) >= 11 is 1.51.